The second kappa shape index (κ2) is 10.4. The van der Waals surface area contributed by atoms with Crippen LogP contribution >= 0.6 is 11.6 Å². The van der Waals surface area contributed by atoms with Gasteiger partial charge >= 0.3 is 5.97 Å². The van der Waals surface area contributed by atoms with E-state index in [1.165, 1.54) is 12.3 Å². The van der Waals surface area contributed by atoms with Crippen molar-refractivity contribution in [1.82, 2.24) is 15.1 Å². The van der Waals surface area contributed by atoms with Gasteiger partial charge in [-0.2, -0.15) is 4.98 Å². The number of nitrogens with zero attached hydrogens (tertiary/aromatic N) is 3. The Bertz CT molecular complexity index is 1330. The third-order valence-corrected chi connectivity index (χ3v) is 5.26. The summed E-state index contributed by atoms with van der Waals surface area (Å²) >= 11 is 6.26. The number of pyridine rings is 1. The molecule has 0 unspecified atom stereocenters. The minimum Gasteiger partial charge on any atom is -0.481 e. The van der Waals surface area contributed by atoms with Gasteiger partial charge in [0, 0.05) is 36.5 Å². The Balaban J connectivity index is 1.59. The van der Waals surface area contributed by atoms with Gasteiger partial charge in [0.15, 0.2) is 0 Å². The third-order valence-electron chi connectivity index (χ3n) is 4.97. The zero-order valence-electron chi connectivity index (χ0n) is 18.1. The van der Waals surface area contributed by atoms with Crippen LogP contribution < -0.4 is 5.32 Å². The molecule has 0 bridgehead atoms. The molecule has 4 aromatic rings. The Morgan fingerprint density at radius 1 is 1.18 bits per heavy atom. The van der Waals surface area contributed by atoms with Gasteiger partial charge < -0.3 is 19.7 Å². The number of hydrogen-bond donors (Lipinski definition) is 2. The van der Waals surface area contributed by atoms with Gasteiger partial charge in [0.25, 0.3) is 5.89 Å². The first-order valence-corrected chi connectivity index (χ1v) is 10.7. The van der Waals surface area contributed by atoms with Crippen LogP contribution in [0.2, 0.25) is 5.02 Å². The molecule has 2 aromatic carbocycles. The van der Waals surface area contributed by atoms with E-state index in [1.807, 2.05) is 6.07 Å². The second-order valence-electron chi connectivity index (χ2n) is 7.33. The fraction of sp³-hybridized carbons (Fsp3) is 0.167. The van der Waals surface area contributed by atoms with Crippen molar-refractivity contribution < 1.29 is 23.6 Å². The number of nitrogens with one attached hydrogen (secondary N) is 1. The molecule has 0 spiro atoms. The number of methoxy groups -OCH3 is 1. The standard InChI is InChI=1S/C24H20ClFN4O4/c1-33-13-16-10-14(6-7-17(16)18-4-2-3-5-20(18)26)24-29-22(30-34-24)15-11-19(25)23(28-12-15)27-9-8-21(31)32/h2-7,10-12H,8-9,13H2,1H3,(H,27,28)(H,31,32). The minimum absolute atomic E-state index is 0.0608. The number of aliphatic carboxylic acids is 1. The van der Waals surface area contributed by atoms with Gasteiger partial charge in [0.05, 0.1) is 18.1 Å². The maximum atomic E-state index is 14.3. The average Bonchev–Trinajstić information content (AvgIpc) is 3.31. The van der Waals surface area contributed by atoms with E-state index in [-0.39, 0.29) is 37.1 Å². The Hall–Kier alpha value is -3.82. The summed E-state index contributed by atoms with van der Waals surface area (Å²) < 4.78 is 25.1. The van der Waals surface area contributed by atoms with Gasteiger partial charge in [-0.25, -0.2) is 9.37 Å². The molecule has 10 heteroatoms. The number of rotatable bonds is 9. The molecule has 0 aliphatic heterocycles. The zero-order chi connectivity index (χ0) is 24.1. The Morgan fingerprint density at radius 2 is 2.00 bits per heavy atom. The third kappa shape index (κ3) is 5.22. The number of ether oxygens (including phenoxy) is 1. The molecule has 2 aromatic heterocycles. The molecule has 8 nitrogen and oxygen atoms in total. The van der Waals surface area contributed by atoms with E-state index in [0.29, 0.717) is 33.1 Å². The predicted molar refractivity (Wildman–Crippen MR) is 125 cm³/mol. The van der Waals surface area contributed by atoms with Crippen LogP contribution in [0.1, 0.15) is 12.0 Å². The summed E-state index contributed by atoms with van der Waals surface area (Å²) in [7, 11) is 1.57. The molecule has 2 heterocycles. The summed E-state index contributed by atoms with van der Waals surface area (Å²) in [5.41, 5.74) is 3.14. The van der Waals surface area contributed by atoms with Crippen LogP contribution in [0.25, 0.3) is 34.0 Å². The average molecular weight is 483 g/mol. The predicted octanol–water partition coefficient (Wildman–Crippen LogP) is 5.29. The molecule has 0 fully saturated rings. The highest BCUT2D eigenvalue weighted by molar-refractivity contribution is 6.33. The monoisotopic (exact) mass is 482 g/mol. The van der Waals surface area contributed by atoms with Crippen molar-refractivity contribution in [3.05, 3.63) is 71.1 Å². The lowest BCUT2D eigenvalue weighted by Gasteiger charge is -2.11. The van der Waals surface area contributed by atoms with Gasteiger partial charge in [-0.15, -0.1) is 0 Å². The molecule has 0 saturated heterocycles. The number of carbonyl (C=O) groups is 1. The van der Waals surface area contributed by atoms with Gasteiger partial charge in [-0.1, -0.05) is 41.0 Å². The van der Waals surface area contributed by atoms with Crippen LogP contribution in [0.4, 0.5) is 10.2 Å². The highest BCUT2D eigenvalue weighted by Gasteiger charge is 2.16. The van der Waals surface area contributed by atoms with E-state index < -0.39 is 5.97 Å². The van der Waals surface area contributed by atoms with Crippen LogP contribution in [0.5, 0.6) is 0 Å². The lowest BCUT2D eigenvalue weighted by Crippen LogP contribution is -2.08. The molecule has 174 valence electrons. The summed E-state index contributed by atoms with van der Waals surface area (Å²) in [6.45, 7) is 0.467. The van der Waals surface area contributed by atoms with E-state index in [0.717, 1.165) is 5.56 Å². The number of aromatic nitrogens is 3. The van der Waals surface area contributed by atoms with Gasteiger partial charge in [0.1, 0.15) is 11.6 Å². The fourth-order valence-electron chi connectivity index (χ4n) is 3.38. The second-order valence-corrected chi connectivity index (χ2v) is 7.74. The van der Waals surface area contributed by atoms with Crippen molar-refractivity contribution >= 4 is 23.4 Å². The van der Waals surface area contributed by atoms with Crippen molar-refractivity contribution in [2.75, 3.05) is 19.0 Å². The number of halogens is 2. The minimum atomic E-state index is -0.921. The zero-order valence-corrected chi connectivity index (χ0v) is 18.8. The SMILES string of the molecule is COCc1cc(-c2nc(-c3cnc(NCCC(=O)O)c(Cl)c3)no2)ccc1-c1ccccc1F. The van der Waals surface area contributed by atoms with Gasteiger partial charge in [0.2, 0.25) is 5.82 Å². The van der Waals surface area contributed by atoms with Crippen molar-refractivity contribution in [2.24, 2.45) is 0 Å². The van der Waals surface area contributed by atoms with Gasteiger partial charge in [-0.05, 0) is 35.4 Å². The molecular weight excluding hydrogens is 463 g/mol. The van der Waals surface area contributed by atoms with E-state index in [1.54, 1.807) is 43.5 Å². The summed E-state index contributed by atoms with van der Waals surface area (Å²) in [5, 5.41) is 15.9. The molecule has 0 aliphatic rings. The van der Waals surface area contributed by atoms with E-state index in [4.69, 9.17) is 26.0 Å². The fourth-order valence-corrected chi connectivity index (χ4v) is 3.61. The van der Waals surface area contributed by atoms with E-state index in [2.05, 4.69) is 20.4 Å². The topological polar surface area (TPSA) is 110 Å². The summed E-state index contributed by atoms with van der Waals surface area (Å²) in [6, 6.07) is 13.6. The van der Waals surface area contributed by atoms with E-state index in [9.17, 15) is 9.18 Å². The summed E-state index contributed by atoms with van der Waals surface area (Å²) in [4.78, 5) is 19.3. The quantitative estimate of drug-likeness (QED) is 0.331. The van der Waals surface area contributed by atoms with Crippen molar-refractivity contribution in [2.45, 2.75) is 13.0 Å². The van der Waals surface area contributed by atoms with E-state index >= 15 is 0 Å². The molecular formula is C24H20ClFN4O4. The number of benzene rings is 2. The van der Waals surface area contributed by atoms with Crippen molar-refractivity contribution in [1.29, 1.82) is 0 Å². The molecule has 0 atom stereocenters. The van der Waals surface area contributed by atoms with Crippen LogP contribution in [-0.2, 0) is 16.1 Å². The van der Waals surface area contributed by atoms with Crippen LogP contribution in [0.15, 0.2) is 59.3 Å². The molecule has 2 N–H and O–H groups in total. The number of anilines is 1. The first-order valence-electron chi connectivity index (χ1n) is 10.3. The number of hydrogen-bond acceptors (Lipinski definition) is 7. The lowest BCUT2D eigenvalue weighted by atomic mass is 9.97. The molecule has 34 heavy (non-hydrogen) atoms. The maximum absolute atomic E-state index is 14.3. The van der Waals surface area contributed by atoms with Crippen LogP contribution in [-0.4, -0.2) is 39.9 Å². The van der Waals surface area contributed by atoms with Gasteiger partial charge in [-0.3, -0.25) is 4.79 Å². The first-order chi connectivity index (χ1) is 16.5. The highest BCUT2D eigenvalue weighted by Crippen LogP contribution is 2.32. The summed E-state index contributed by atoms with van der Waals surface area (Å²) in [5.74, 6) is -0.323. The Morgan fingerprint density at radius 3 is 2.74 bits per heavy atom. The Kier molecular flexibility index (Phi) is 7.15. The number of carboxylic acids is 1. The first kappa shape index (κ1) is 23.3. The molecule has 0 saturated carbocycles. The van der Waals surface area contributed by atoms with Crippen LogP contribution in [0.3, 0.4) is 0 Å². The highest BCUT2D eigenvalue weighted by atomic mass is 35.5. The Labute approximate surface area is 199 Å². The summed E-state index contributed by atoms with van der Waals surface area (Å²) in [6.07, 6.45) is 1.45. The molecule has 4 rings (SSSR count). The van der Waals surface area contributed by atoms with Crippen LogP contribution in [0, 0.1) is 5.82 Å². The molecule has 0 aliphatic carbocycles. The number of carboxylic acid groups (broad SMARTS) is 1. The lowest BCUT2D eigenvalue weighted by molar-refractivity contribution is -0.136. The molecule has 0 amide bonds. The molecule has 0 radical (unpaired) electrons. The van der Waals surface area contributed by atoms with Crippen molar-refractivity contribution in [3.8, 4) is 34.0 Å². The normalized spacial score (nSPS) is 10.9. The largest absolute Gasteiger partial charge is 0.481 e. The smallest absolute Gasteiger partial charge is 0.305 e. The maximum Gasteiger partial charge on any atom is 0.305 e. The van der Waals surface area contributed by atoms with Crippen molar-refractivity contribution in [3.63, 3.8) is 0 Å².